The predicted molar refractivity (Wildman–Crippen MR) is 119 cm³/mol. The molecule has 0 aliphatic carbocycles. The fourth-order valence-corrected chi connectivity index (χ4v) is 6.33. The number of carbonyl (C=O) groups is 4. The summed E-state index contributed by atoms with van der Waals surface area (Å²) in [6.45, 7) is 0.0430. The van der Waals surface area contributed by atoms with Gasteiger partial charge in [0.2, 0.25) is 21.8 Å². The van der Waals surface area contributed by atoms with E-state index in [1.54, 1.807) is 18.2 Å². The van der Waals surface area contributed by atoms with Gasteiger partial charge in [0.25, 0.3) is 11.8 Å². The van der Waals surface area contributed by atoms with Gasteiger partial charge in [-0.15, -0.1) is 11.3 Å². The molecule has 33 heavy (non-hydrogen) atoms. The minimum atomic E-state index is -3.73. The molecule has 0 radical (unpaired) electrons. The number of benzene rings is 1. The average Bonchev–Trinajstić information content (AvgIpc) is 3.35. The van der Waals surface area contributed by atoms with Gasteiger partial charge in [-0.25, -0.2) is 13.1 Å². The molecule has 3 heterocycles. The number of hydrogen-bond donors (Lipinski definition) is 3. The molecule has 10 nitrogen and oxygen atoms in total. The van der Waals surface area contributed by atoms with Crippen LogP contribution in [0.15, 0.2) is 34.5 Å². The van der Waals surface area contributed by atoms with Crippen LogP contribution < -0.4 is 15.4 Å². The maximum absolute atomic E-state index is 12.8. The van der Waals surface area contributed by atoms with E-state index in [0.29, 0.717) is 15.5 Å². The third kappa shape index (κ3) is 4.78. The number of fused-ring (bicyclic) bond motifs is 1. The van der Waals surface area contributed by atoms with Gasteiger partial charge in [-0.1, -0.05) is 17.7 Å². The van der Waals surface area contributed by atoms with Crippen LogP contribution in [0.3, 0.4) is 0 Å². The maximum Gasteiger partial charge on any atom is 0.255 e. The summed E-state index contributed by atoms with van der Waals surface area (Å²) in [6.07, 6.45) is 0.360. The van der Waals surface area contributed by atoms with Crippen molar-refractivity contribution in [3.05, 3.63) is 51.4 Å². The van der Waals surface area contributed by atoms with Crippen molar-refractivity contribution in [2.75, 3.05) is 13.1 Å². The SMILES string of the molecule is O=C1CCC(N2Cc3c(C(=O)NCCNS(=O)(=O)c4ccc(Cl)s4)cccc3C2=O)C(=O)N1. The second-order valence-electron chi connectivity index (χ2n) is 7.44. The first kappa shape index (κ1) is 23.4. The third-order valence-corrected chi connectivity index (χ3v) is 8.53. The molecule has 0 spiro atoms. The van der Waals surface area contributed by atoms with Gasteiger partial charge in [0.1, 0.15) is 10.3 Å². The van der Waals surface area contributed by atoms with Crippen LogP contribution in [-0.2, 0) is 26.2 Å². The highest BCUT2D eigenvalue weighted by atomic mass is 35.5. The minimum Gasteiger partial charge on any atom is -0.351 e. The molecular weight excluding hydrogens is 492 g/mol. The van der Waals surface area contributed by atoms with E-state index in [9.17, 15) is 27.6 Å². The topological polar surface area (TPSA) is 142 Å². The minimum absolute atomic E-state index is 0.0195. The standard InChI is InChI=1S/C20H19ClN4O6S2/c21-15-5-7-17(32-15)33(30,31)23-9-8-22-18(27)11-2-1-3-12-13(11)10-25(20(12)29)14-4-6-16(26)24-19(14)28/h1-3,5,7,14,23H,4,6,8-10H2,(H,22,27)(H,24,26,28). The molecule has 1 aromatic heterocycles. The Morgan fingerprint density at radius 1 is 1.18 bits per heavy atom. The van der Waals surface area contributed by atoms with Crippen molar-refractivity contribution in [1.82, 2.24) is 20.3 Å². The number of sulfonamides is 1. The van der Waals surface area contributed by atoms with Crippen LogP contribution in [-0.4, -0.2) is 56.1 Å². The molecule has 13 heteroatoms. The molecule has 4 rings (SSSR count). The summed E-state index contributed by atoms with van der Waals surface area (Å²) < 4.78 is 27.2. The zero-order valence-corrected chi connectivity index (χ0v) is 19.5. The van der Waals surface area contributed by atoms with E-state index in [1.807, 2.05) is 0 Å². The van der Waals surface area contributed by atoms with E-state index in [0.717, 1.165) is 11.3 Å². The van der Waals surface area contributed by atoms with Gasteiger partial charge >= 0.3 is 0 Å². The Labute approximate surface area is 198 Å². The van der Waals surface area contributed by atoms with Crippen LogP contribution in [0.25, 0.3) is 0 Å². The number of nitrogens with one attached hydrogen (secondary N) is 3. The highest BCUT2D eigenvalue weighted by Gasteiger charge is 2.40. The van der Waals surface area contributed by atoms with Gasteiger partial charge in [-0.3, -0.25) is 24.5 Å². The van der Waals surface area contributed by atoms with Crippen LogP contribution in [0.2, 0.25) is 4.34 Å². The molecule has 174 valence electrons. The van der Waals surface area contributed by atoms with Crippen LogP contribution >= 0.6 is 22.9 Å². The number of halogens is 1. The van der Waals surface area contributed by atoms with Crippen LogP contribution in [0.4, 0.5) is 0 Å². The Balaban J connectivity index is 1.39. The molecule has 1 atom stereocenters. The van der Waals surface area contributed by atoms with Crippen molar-refractivity contribution >= 4 is 56.6 Å². The molecule has 0 saturated carbocycles. The highest BCUT2D eigenvalue weighted by molar-refractivity contribution is 7.91. The Kier molecular flexibility index (Phi) is 6.52. The summed E-state index contributed by atoms with van der Waals surface area (Å²) in [5.41, 5.74) is 1.07. The summed E-state index contributed by atoms with van der Waals surface area (Å²) in [5.74, 6) is -1.75. The first-order chi connectivity index (χ1) is 15.7. The van der Waals surface area contributed by atoms with Gasteiger partial charge in [-0.2, -0.15) is 0 Å². The number of imide groups is 1. The van der Waals surface area contributed by atoms with Crippen LogP contribution in [0.1, 0.15) is 39.1 Å². The van der Waals surface area contributed by atoms with E-state index in [2.05, 4.69) is 15.4 Å². The molecule has 1 aromatic carbocycles. The van der Waals surface area contributed by atoms with Gasteiger partial charge in [0.15, 0.2) is 0 Å². The summed E-state index contributed by atoms with van der Waals surface area (Å²) in [5, 5.41) is 4.88. The molecule has 2 aliphatic rings. The zero-order valence-electron chi connectivity index (χ0n) is 17.1. The van der Waals surface area contributed by atoms with E-state index in [1.165, 1.54) is 17.0 Å². The smallest absolute Gasteiger partial charge is 0.255 e. The second-order valence-corrected chi connectivity index (χ2v) is 11.2. The lowest BCUT2D eigenvalue weighted by Gasteiger charge is -2.29. The highest BCUT2D eigenvalue weighted by Crippen LogP contribution is 2.30. The first-order valence-electron chi connectivity index (χ1n) is 9.97. The maximum atomic E-state index is 12.8. The summed E-state index contributed by atoms with van der Waals surface area (Å²) in [7, 11) is -3.73. The molecule has 3 N–H and O–H groups in total. The van der Waals surface area contributed by atoms with Crippen LogP contribution in [0.5, 0.6) is 0 Å². The zero-order chi connectivity index (χ0) is 23.8. The van der Waals surface area contributed by atoms with Crippen molar-refractivity contribution in [2.45, 2.75) is 29.6 Å². The van der Waals surface area contributed by atoms with E-state index < -0.39 is 27.9 Å². The van der Waals surface area contributed by atoms with Gasteiger partial charge < -0.3 is 10.2 Å². The van der Waals surface area contributed by atoms with Gasteiger partial charge in [0, 0.05) is 37.2 Å². The van der Waals surface area contributed by atoms with Crippen molar-refractivity contribution in [3.8, 4) is 0 Å². The molecule has 2 aromatic rings. The second kappa shape index (κ2) is 9.21. The normalized spacial score (nSPS) is 18.3. The molecule has 1 unspecified atom stereocenters. The van der Waals surface area contributed by atoms with E-state index >= 15 is 0 Å². The molecule has 4 amide bonds. The van der Waals surface area contributed by atoms with Crippen molar-refractivity contribution in [3.63, 3.8) is 0 Å². The third-order valence-electron chi connectivity index (χ3n) is 5.34. The predicted octanol–water partition coefficient (Wildman–Crippen LogP) is 0.871. The first-order valence-corrected chi connectivity index (χ1v) is 12.6. The quantitative estimate of drug-likeness (QED) is 0.373. The Morgan fingerprint density at radius 3 is 2.67 bits per heavy atom. The van der Waals surface area contributed by atoms with E-state index in [-0.39, 0.29) is 54.1 Å². The fraction of sp³-hybridized carbons (Fsp3) is 0.300. The Bertz CT molecular complexity index is 1260. The lowest BCUT2D eigenvalue weighted by atomic mass is 10.0. The largest absolute Gasteiger partial charge is 0.351 e. The summed E-state index contributed by atoms with van der Waals surface area (Å²) in [4.78, 5) is 50.6. The number of rotatable bonds is 7. The number of hydrogen-bond acceptors (Lipinski definition) is 7. The number of thiophene rings is 1. The van der Waals surface area contributed by atoms with Crippen molar-refractivity contribution in [1.29, 1.82) is 0 Å². The van der Waals surface area contributed by atoms with E-state index in [4.69, 9.17) is 11.6 Å². The summed E-state index contributed by atoms with van der Waals surface area (Å²) >= 11 is 6.70. The molecule has 0 bridgehead atoms. The lowest BCUT2D eigenvalue weighted by molar-refractivity contribution is -0.136. The fourth-order valence-electron chi connectivity index (χ4n) is 3.77. The van der Waals surface area contributed by atoms with Crippen LogP contribution in [0, 0.1) is 0 Å². The monoisotopic (exact) mass is 510 g/mol. The van der Waals surface area contributed by atoms with Crippen molar-refractivity contribution < 1.29 is 27.6 Å². The molecule has 1 fully saturated rings. The lowest BCUT2D eigenvalue weighted by Crippen LogP contribution is -2.52. The number of piperidine rings is 1. The number of carbonyl (C=O) groups excluding carboxylic acids is 4. The Morgan fingerprint density at radius 2 is 1.97 bits per heavy atom. The molecule has 2 aliphatic heterocycles. The number of nitrogens with zero attached hydrogens (tertiary/aromatic N) is 1. The van der Waals surface area contributed by atoms with Gasteiger partial charge in [0.05, 0.1) is 4.34 Å². The molecule has 1 saturated heterocycles. The Hall–Kier alpha value is -2.80. The van der Waals surface area contributed by atoms with Crippen molar-refractivity contribution in [2.24, 2.45) is 0 Å². The number of amides is 4. The average molecular weight is 511 g/mol. The molecular formula is C20H19ClN4O6S2. The van der Waals surface area contributed by atoms with Gasteiger partial charge in [-0.05, 0) is 36.2 Å². The summed E-state index contributed by atoms with van der Waals surface area (Å²) in [6, 6.07) is 6.82.